The molecule has 1 aliphatic rings. The number of halogens is 1. The minimum atomic E-state index is 0.109. The van der Waals surface area contributed by atoms with Crippen molar-refractivity contribution in [1.29, 1.82) is 0 Å². The maximum absolute atomic E-state index is 5.84. The zero-order chi connectivity index (χ0) is 14.8. The third-order valence-electron chi connectivity index (χ3n) is 3.93. The van der Waals surface area contributed by atoms with Crippen LogP contribution in [0.5, 0.6) is 5.75 Å². The molecular formula is C15H20BrN3O2. The first-order valence-corrected chi connectivity index (χ1v) is 8.19. The fourth-order valence-electron chi connectivity index (χ4n) is 2.31. The van der Waals surface area contributed by atoms with E-state index in [1.165, 1.54) is 12.8 Å². The normalized spacial score (nSPS) is 16.3. The van der Waals surface area contributed by atoms with Gasteiger partial charge in [-0.15, -0.1) is 5.10 Å². The first kappa shape index (κ1) is 14.8. The summed E-state index contributed by atoms with van der Waals surface area (Å²) in [5, 5.41) is 8.54. The number of rotatable bonds is 7. The zero-order valence-electron chi connectivity index (χ0n) is 12.4. The lowest BCUT2D eigenvalue weighted by Crippen LogP contribution is -2.19. The molecule has 6 heteroatoms. The summed E-state index contributed by atoms with van der Waals surface area (Å²) in [5.74, 6) is 1.56. The molecular weight excluding hydrogens is 334 g/mol. The minimum Gasteiger partial charge on any atom is -0.490 e. The molecule has 0 bridgehead atoms. The molecule has 1 aromatic heterocycles. The van der Waals surface area contributed by atoms with Crippen LogP contribution in [0, 0.1) is 5.92 Å². The molecule has 0 amide bonds. The van der Waals surface area contributed by atoms with Crippen LogP contribution in [0.2, 0.25) is 0 Å². The molecule has 1 fully saturated rings. The average molecular weight is 354 g/mol. The Morgan fingerprint density at radius 1 is 1.43 bits per heavy atom. The molecule has 1 saturated carbocycles. The molecule has 1 aromatic carbocycles. The van der Waals surface area contributed by atoms with Crippen molar-refractivity contribution >= 4 is 27.0 Å². The van der Waals surface area contributed by atoms with Gasteiger partial charge >= 0.3 is 0 Å². The van der Waals surface area contributed by atoms with E-state index in [9.17, 15) is 0 Å². The lowest BCUT2D eigenvalue weighted by atomic mass is 10.2. The Bertz CT molecular complexity index is 621. The highest BCUT2D eigenvalue weighted by Gasteiger charge is 2.23. The highest BCUT2D eigenvalue weighted by atomic mass is 79.9. The molecule has 0 saturated heterocycles. The first-order valence-electron chi connectivity index (χ1n) is 7.40. The molecule has 0 aliphatic heterocycles. The van der Waals surface area contributed by atoms with E-state index in [0.29, 0.717) is 6.61 Å². The lowest BCUT2D eigenvalue weighted by Gasteiger charge is -2.15. The van der Waals surface area contributed by atoms with E-state index in [4.69, 9.17) is 9.47 Å². The predicted molar refractivity (Wildman–Crippen MR) is 84.5 cm³/mol. The number of hydrogen-bond acceptors (Lipinski definition) is 4. The van der Waals surface area contributed by atoms with E-state index in [2.05, 4.69) is 33.2 Å². The number of nitrogens with zero attached hydrogens (tertiary/aromatic N) is 3. The average Bonchev–Trinajstić information content (AvgIpc) is 3.22. The number of methoxy groups -OCH3 is 1. The Kier molecular flexibility index (Phi) is 4.45. The second kappa shape index (κ2) is 6.32. The Morgan fingerprint density at radius 3 is 2.90 bits per heavy atom. The van der Waals surface area contributed by atoms with Crippen LogP contribution in [0.3, 0.4) is 0 Å². The number of aromatic nitrogens is 3. The summed E-state index contributed by atoms with van der Waals surface area (Å²) in [4.78, 5) is 0. The van der Waals surface area contributed by atoms with E-state index in [1.807, 2.05) is 16.8 Å². The third kappa shape index (κ3) is 3.21. The van der Waals surface area contributed by atoms with Gasteiger partial charge in [0.25, 0.3) is 0 Å². The molecule has 0 spiro atoms. The Balaban J connectivity index is 1.79. The van der Waals surface area contributed by atoms with Crippen molar-refractivity contribution in [1.82, 2.24) is 15.0 Å². The monoisotopic (exact) mass is 353 g/mol. The van der Waals surface area contributed by atoms with Crippen LogP contribution in [0.15, 0.2) is 16.6 Å². The van der Waals surface area contributed by atoms with Gasteiger partial charge < -0.3 is 9.47 Å². The molecule has 3 rings (SSSR count). The predicted octanol–water partition coefficient (Wildman–Crippen LogP) is 3.41. The molecule has 1 atom stereocenters. The van der Waals surface area contributed by atoms with Gasteiger partial charge in [-0.05, 0) is 53.2 Å². The standard InChI is InChI=1S/C15H20BrN3O2/c1-3-11(20-2)9-21-13-7-6-12-15(14(13)16)17-18-19(12)8-10-4-5-10/h6-7,10-11H,3-5,8-9H2,1-2H3. The summed E-state index contributed by atoms with van der Waals surface area (Å²) < 4.78 is 14.0. The van der Waals surface area contributed by atoms with E-state index >= 15 is 0 Å². The zero-order valence-corrected chi connectivity index (χ0v) is 14.0. The summed E-state index contributed by atoms with van der Waals surface area (Å²) in [7, 11) is 1.71. The molecule has 0 radical (unpaired) electrons. The van der Waals surface area contributed by atoms with Gasteiger partial charge in [0.05, 0.1) is 16.1 Å². The second-order valence-corrected chi connectivity index (χ2v) is 6.33. The van der Waals surface area contributed by atoms with E-state index in [1.54, 1.807) is 7.11 Å². The number of fused-ring (bicyclic) bond motifs is 1. The summed E-state index contributed by atoms with van der Waals surface area (Å²) >= 11 is 3.59. The Hall–Kier alpha value is -1.14. The summed E-state index contributed by atoms with van der Waals surface area (Å²) in [6.07, 6.45) is 3.64. The SMILES string of the molecule is CCC(COc1ccc2c(nnn2CC2CC2)c1Br)OC. The van der Waals surface area contributed by atoms with Gasteiger partial charge in [-0.2, -0.15) is 0 Å². The van der Waals surface area contributed by atoms with Crippen LogP contribution < -0.4 is 4.74 Å². The summed E-state index contributed by atoms with van der Waals surface area (Å²) in [5.41, 5.74) is 1.92. The highest BCUT2D eigenvalue weighted by Crippen LogP contribution is 2.34. The fourth-order valence-corrected chi connectivity index (χ4v) is 2.84. The molecule has 5 nitrogen and oxygen atoms in total. The maximum atomic E-state index is 5.84. The summed E-state index contributed by atoms with van der Waals surface area (Å²) in [6, 6.07) is 4.01. The molecule has 0 N–H and O–H groups in total. The van der Waals surface area contributed by atoms with Gasteiger partial charge in [0.2, 0.25) is 0 Å². The molecule has 21 heavy (non-hydrogen) atoms. The van der Waals surface area contributed by atoms with Crippen molar-refractivity contribution < 1.29 is 9.47 Å². The van der Waals surface area contributed by atoms with E-state index in [0.717, 1.165) is 40.1 Å². The number of hydrogen-bond donors (Lipinski definition) is 0. The van der Waals surface area contributed by atoms with Gasteiger partial charge in [0, 0.05) is 13.7 Å². The van der Waals surface area contributed by atoms with Crippen LogP contribution in [0.4, 0.5) is 0 Å². The molecule has 1 aliphatic carbocycles. The van der Waals surface area contributed by atoms with Crippen molar-refractivity contribution in [3.63, 3.8) is 0 Å². The molecule has 114 valence electrons. The van der Waals surface area contributed by atoms with Gasteiger partial charge in [0.15, 0.2) is 0 Å². The van der Waals surface area contributed by atoms with Crippen molar-refractivity contribution in [2.75, 3.05) is 13.7 Å². The minimum absolute atomic E-state index is 0.109. The van der Waals surface area contributed by atoms with Crippen LogP contribution in [-0.2, 0) is 11.3 Å². The van der Waals surface area contributed by atoms with Crippen LogP contribution in [0.25, 0.3) is 11.0 Å². The smallest absolute Gasteiger partial charge is 0.136 e. The largest absolute Gasteiger partial charge is 0.490 e. The van der Waals surface area contributed by atoms with Gasteiger partial charge in [0.1, 0.15) is 17.9 Å². The van der Waals surface area contributed by atoms with Crippen molar-refractivity contribution in [3.05, 3.63) is 16.6 Å². The Morgan fingerprint density at radius 2 is 2.24 bits per heavy atom. The van der Waals surface area contributed by atoms with Crippen molar-refractivity contribution in [2.24, 2.45) is 5.92 Å². The molecule has 1 unspecified atom stereocenters. The van der Waals surface area contributed by atoms with Crippen LogP contribution in [0.1, 0.15) is 26.2 Å². The topological polar surface area (TPSA) is 49.2 Å². The van der Waals surface area contributed by atoms with Gasteiger partial charge in [-0.1, -0.05) is 12.1 Å². The molecule has 1 heterocycles. The quantitative estimate of drug-likeness (QED) is 0.765. The maximum Gasteiger partial charge on any atom is 0.136 e. The number of ether oxygens (including phenoxy) is 2. The van der Waals surface area contributed by atoms with Crippen molar-refractivity contribution in [3.8, 4) is 5.75 Å². The fraction of sp³-hybridized carbons (Fsp3) is 0.600. The third-order valence-corrected chi connectivity index (χ3v) is 4.70. The highest BCUT2D eigenvalue weighted by molar-refractivity contribution is 9.10. The van der Waals surface area contributed by atoms with Gasteiger partial charge in [-0.25, -0.2) is 4.68 Å². The van der Waals surface area contributed by atoms with Crippen molar-refractivity contribution in [2.45, 2.75) is 38.8 Å². The number of benzene rings is 1. The van der Waals surface area contributed by atoms with E-state index < -0.39 is 0 Å². The van der Waals surface area contributed by atoms with Crippen LogP contribution in [-0.4, -0.2) is 34.8 Å². The Labute approximate surface area is 132 Å². The lowest BCUT2D eigenvalue weighted by molar-refractivity contribution is 0.0554. The summed E-state index contributed by atoms with van der Waals surface area (Å²) in [6.45, 7) is 3.58. The van der Waals surface area contributed by atoms with E-state index in [-0.39, 0.29) is 6.10 Å². The van der Waals surface area contributed by atoms with Crippen LogP contribution >= 0.6 is 15.9 Å². The van der Waals surface area contributed by atoms with Gasteiger partial charge in [-0.3, -0.25) is 0 Å². The second-order valence-electron chi connectivity index (χ2n) is 5.54. The molecule has 2 aromatic rings. The first-order chi connectivity index (χ1) is 10.2.